The first kappa shape index (κ1) is 5.66. The Morgan fingerprint density at radius 1 is 1.20 bits per heavy atom. The van der Waals surface area contributed by atoms with Crippen LogP contribution in [0.3, 0.4) is 0 Å². The molecule has 0 bridgehead atoms. The molecule has 1 aromatic rings. The van der Waals surface area contributed by atoms with Crippen molar-refractivity contribution in [2.45, 2.75) is 12.8 Å². The number of pyridine rings is 1. The third-order valence-corrected chi connectivity index (χ3v) is 1.86. The van der Waals surface area contributed by atoms with E-state index in [2.05, 4.69) is 23.2 Å². The average molecular weight is 131 g/mol. The van der Waals surface area contributed by atoms with Crippen LogP contribution in [0.5, 0.6) is 0 Å². The van der Waals surface area contributed by atoms with Crippen LogP contribution in [0.2, 0.25) is 0 Å². The molecule has 0 unspecified atom stereocenters. The standard InChI is InChI=1S/C9H9N/c1-2-8(3-1)9-4-6-10-7-5-9/h2,4-7H,1,3H2. The van der Waals surface area contributed by atoms with E-state index in [-0.39, 0.29) is 0 Å². The third-order valence-electron chi connectivity index (χ3n) is 1.86. The molecular formula is C9H9N. The van der Waals surface area contributed by atoms with E-state index in [0.29, 0.717) is 0 Å². The number of hydrogen-bond donors (Lipinski definition) is 0. The molecule has 0 aliphatic heterocycles. The lowest BCUT2D eigenvalue weighted by molar-refractivity contribution is 0.987. The first-order valence-corrected chi connectivity index (χ1v) is 3.56. The van der Waals surface area contributed by atoms with Crippen molar-refractivity contribution in [2.75, 3.05) is 0 Å². The fourth-order valence-electron chi connectivity index (χ4n) is 1.12. The van der Waals surface area contributed by atoms with Gasteiger partial charge >= 0.3 is 0 Å². The van der Waals surface area contributed by atoms with E-state index in [0.717, 1.165) is 0 Å². The van der Waals surface area contributed by atoms with Crippen LogP contribution in [0.1, 0.15) is 18.4 Å². The van der Waals surface area contributed by atoms with Gasteiger partial charge in [0.05, 0.1) is 0 Å². The Labute approximate surface area is 60.4 Å². The minimum absolute atomic E-state index is 1.24. The van der Waals surface area contributed by atoms with Crippen molar-refractivity contribution in [2.24, 2.45) is 0 Å². The molecule has 0 amide bonds. The fourth-order valence-corrected chi connectivity index (χ4v) is 1.12. The quantitative estimate of drug-likeness (QED) is 0.569. The van der Waals surface area contributed by atoms with Gasteiger partial charge in [-0.15, -0.1) is 0 Å². The second-order valence-electron chi connectivity index (χ2n) is 2.50. The van der Waals surface area contributed by atoms with Crippen LogP contribution < -0.4 is 0 Å². The van der Waals surface area contributed by atoms with E-state index in [1.54, 1.807) is 0 Å². The van der Waals surface area contributed by atoms with Crippen molar-refractivity contribution in [3.8, 4) is 0 Å². The maximum atomic E-state index is 3.96. The zero-order chi connectivity index (χ0) is 6.81. The summed E-state index contributed by atoms with van der Waals surface area (Å²) in [6, 6.07) is 4.12. The molecule has 0 N–H and O–H groups in total. The molecule has 1 heteroatoms. The Balaban J connectivity index is 2.34. The lowest BCUT2D eigenvalue weighted by atomic mass is 9.93. The molecule has 0 spiro atoms. The summed E-state index contributed by atoms with van der Waals surface area (Å²) >= 11 is 0. The summed E-state index contributed by atoms with van der Waals surface area (Å²) < 4.78 is 0. The molecule has 0 fully saturated rings. The van der Waals surface area contributed by atoms with Crippen molar-refractivity contribution >= 4 is 5.57 Å². The van der Waals surface area contributed by atoms with Gasteiger partial charge in [-0.05, 0) is 36.1 Å². The molecule has 1 nitrogen and oxygen atoms in total. The van der Waals surface area contributed by atoms with Crippen molar-refractivity contribution in [3.05, 3.63) is 36.2 Å². The second-order valence-corrected chi connectivity index (χ2v) is 2.50. The topological polar surface area (TPSA) is 12.9 Å². The van der Waals surface area contributed by atoms with Gasteiger partial charge in [0.25, 0.3) is 0 Å². The van der Waals surface area contributed by atoms with E-state index in [1.165, 1.54) is 24.0 Å². The highest BCUT2D eigenvalue weighted by Gasteiger charge is 2.06. The van der Waals surface area contributed by atoms with E-state index in [1.807, 2.05) is 12.4 Å². The van der Waals surface area contributed by atoms with E-state index < -0.39 is 0 Å². The summed E-state index contributed by atoms with van der Waals surface area (Å²) in [5.41, 5.74) is 2.81. The maximum Gasteiger partial charge on any atom is 0.0273 e. The van der Waals surface area contributed by atoms with E-state index in [4.69, 9.17) is 0 Å². The molecule has 1 aliphatic carbocycles. The molecule has 0 saturated carbocycles. The van der Waals surface area contributed by atoms with Gasteiger partial charge in [-0.2, -0.15) is 0 Å². The Morgan fingerprint density at radius 3 is 2.40 bits per heavy atom. The van der Waals surface area contributed by atoms with Crippen molar-refractivity contribution < 1.29 is 0 Å². The molecular weight excluding hydrogens is 122 g/mol. The number of hydrogen-bond acceptors (Lipinski definition) is 1. The zero-order valence-electron chi connectivity index (χ0n) is 5.75. The van der Waals surface area contributed by atoms with Crippen LogP contribution in [0.25, 0.3) is 5.57 Å². The molecule has 1 aliphatic rings. The van der Waals surface area contributed by atoms with E-state index >= 15 is 0 Å². The lowest BCUT2D eigenvalue weighted by Gasteiger charge is -2.13. The zero-order valence-corrected chi connectivity index (χ0v) is 5.75. The normalized spacial score (nSPS) is 15.8. The van der Waals surface area contributed by atoms with E-state index in [9.17, 15) is 0 Å². The molecule has 10 heavy (non-hydrogen) atoms. The summed E-state index contributed by atoms with van der Waals surface area (Å²) in [7, 11) is 0. The highest BCUT2D eigenvalue weighted by atomic mass is 14.6. The highest BCUT2D eigenvalue weighted by molar-refractivity contribution is 5.69. The predicted molar refractivity (Wildman–Crippen MR) is 41.4 cm³/mol. The van der Waals surface area contributed by atoms with Gasteiger partial charge in [0.1, 0.15) is 0 Å². The minimum atomic E-state index is 1.24. The molecule has 0 atom stereocenters. The van der Waals surface area contributed by atoms with Gasteiger partial charge < -0.3 is 0 Å². The number of allylic oxidation sites excluding steroid dienone is 2. The molecule has 1 heterocycles. The minimum Gasteiger partial charge on any atom is -0.265 e. The summed E-state index contributed by atoms with van der Waals surface area (Å²) in [6.07, 6.45) is 8.44. The Bertz CT molecular complexity index is 249. The molecule has 1 aromatic heterocycles. The number of rotatable bonds is 1. The highest BCUT2D eigenvalue weighted by Crippen LogP contribution is 2.27. The monoisotopic (exact) mass is 131 g/mol. The molecule has 0 radical (unpaired) electrons. The van der Waals surface area contributed by atoms with Crippen LogP contribution in [-0.2, 0) is 0 Å². The summed E-state index contributed by atoms with van der Waals surface area (Å²) in [5, 5.41) is 0. The summed E-state index contributed by atoms with van der Waals surface area (Å²) in [4.78, 5) is 3.96. The molecule has 50 valence electrons. The van der Waals surface area contributed by atoms with Crippen molar-refractivity contribution in [1.82, 2.24) is 4.98 Å². The first-order valence-electron chi connectivity index (χ1n) is 3.56. The van der Waals surface area contributed by atoms with Gasteiger partial charge in [-0.3, -0.25) is 4.98 Å². The smallest absolute Gasteiger partial charge is 0.0273 e. The van der Waals surface area contributed by atoms with Crippen LogP contribution >= 0.6 is 0 Å². The predicted octanol–water partition coefficient (Wildman–Crippen LogP) is 2.26. The Morgan fingerprint density at radius 2 is 1.90 bits per heavy atom. The number of nitrogens with zero attached hydrogens (tertiary/aromatic N) is 1. The Hall–Kier alpha value is -1.11. The first-order chi connectivity index (χ1) is 4.97. The van der Waals surface area contributed by atoms with Gasteiger partial charge in [0.2, 0.25) is 0 Å². The summed E-state index contributed by atoms with van der Waals surface area (Å²) in [5.74, 6) is 0. The second kappa shape index (κ2) is 2.25. The third kappa shape index (κ3) is 0.838. The van der Waals surface area contributed by atoms with Crippen LogP contribution in [0, 0.1) is 0 Å². The van der Waals surface area contributed by atoms with Gasteiger partial charge in [-0.25, -0.2) is 0 Å². The molecule has 2 rings (SSSR count). The molecule has 0 aromatic carbocycles. The van der Waals surface area contributed by atoms with Crippen LogP contribution in [0.4, 0.5) is 0 Å². The van der Waals surface area contributed by atoms with Crippen molar-refractivity contribution in [3.63, 3.8) is 0 Å². The number of aromatic nitrogens is 1. The SMILES string of the molecule is C1=C(c2ccncc2)CC1. The largest absolute Gasteiger partial charge is 0.265 e. The fraction of sp³-hybridized carbons (Fsp3) is 0.222. The van der Waals surface area contributed by atoms with Gasteiger partial charge in [0, 0.05) is 12.4 Å². The molecule has 0 saturated heterocycles. The van der Waals surface area contributed by atoms with Crippen molar-refractivity contribution in [1.29, 1.82) is 0 Å². The van der Waals surface area contributed by atoms with Gasteiger partial charge in [0.15, 0.2) is 0 Å². The van der Waals surface area contributed by atoms with Gasteiger partial charge in [-0.1, -0.05) is 6.08 Å². The lowest BCUT2D eigenvalue weighted by Crippen LogP contribution is -1.92. The summed E-state index contributed by atoms with van der Waals surface area (Å²) in [6.45, 7) is 0. The maximum absolute atomic E-state index is 3.96. The Kier molecular flexibility index (Phi) is 1.28. The van der Waals surface area contributed by atoms with Crippen LogP contribution in [0.15, 0.2) is 30.6 Å². The average Bonchev–Trinajstić information content (AvgIpc) is 1.86. The van der Waals surface area contributed by atoms with Crippen LogP contribution in [-0.4, -0.2) is 4.98 Å².